The molecule has 2 bridgehead atoms. The SMILES string of the molecule is CNCOC12Cc3c4c(c5c(c3OC1c1cc(CCCO)c(O)c(c1)OCCC#CC2NC)CCC(CO)O5)-c1ccc(O)cc1C(Cc1ccc2c(c1)=CCN=2)C4. The van der Waals surface area contributed by atoms with Gasteiger partial charge in [0, 0.05) is 36.1 Å². The molecule has 302 valence electrons. The summed E-state index contributed by atoms with van der Waals surface area (Å²) < 4.78 is 27.5. The molecule has 5 atom stereocenters. The van der Waals surface area contributed by atoms with E-state index in [1.807, 2.05) is 38.4 Å². The van der Waals surface area contributed by atoms with Crippen molar-refractivity contribution >= 4 is 6.08 Å². The number of aliphatic hydroxyl groups is 2. The average Bonchev–Trinajstić information content (AvgIpc) is 3.71. The molecule has 5 unspecified atom stereocenters. The molecule has 0 saturated heterocycles. The lowest BCUT2D eigenvalue weighted by atomic mass is 9.69. The van der Waals surface area contributed by atoms with E-state index in [1.54, 1.807) is 6.07 Å². The van der Waals surface area contributed by atoms with Crippen molar-refractivity contribution in [3.8, 4) is 51.7 Å². The minimum Gasteiger partial charge on any atom is -0.508 e. The molecular weight excluding hydrogens is 735 g/mol. The molecule has 4 aromatic rings. The Bertz CT molecular complexity index is 2440. The Morgan fingerprint density at radius 1 is 1.00 bits per heavy atom. The lowest BCUT2D eigenvalue weighted by Crippen LogP contribution is -2.60. The maximum atomic E-state index is 11.4. The molecule has 0 fully saturated rings. The third-order valence-electron chi connectivity index (χ3n) is 12.5. The van der Waals surface area contributed by atoms with Gasteiger partial charge in [-0.15, -0.1) is 0 Å². The minimum absolute atomic E-state index is 0.00982. The number of phenols is 2. The lowest BCUT2D eigenvalue weighted by Gasteiger charge is -2.49. The van der Waals surface area contributed by atoms with Crippen LogP contribution < -0.4 is 35.4 Å². The number of nitrogens with zero attached hydrogens (tertiary/aromatic N) is 1. The normalized spacial score (nSPS) is 23.5. The van der Waals surface area contributed by atoms with Gasteiger partial charge >= 0.3 is 0 Å². The van der Waals surface area contributed by atoms with E-state index in [9.17, 15) is 20.4 Å². The Balaban J connectivity index is 1.28. The molecule has 0 spiro atoms. The molecule has 4 aliphatic heterocycles. The van der Waals surface area contributed by atoms with Crippen LogP contribution >= 0.6 is 0 Å². The first-order valence-electron chi connectivity index (χ1n) is 20.5. The lowest BCUT2D eigenvalue weighted by molar-refractivity contribution is -0.140. The highest BCUT2D eigenvalue weighted by Crippen LogP contribution is 2.58. The third kappa shape index (κ3) is 6.67. The van der Waals surface area contributed by atoms with Gasteiger partial charge in [-0.3, -0.25) is 10.3 Å². The molecule has 1 aliphatic carbocycles. The highest BCUT2D eigenvalue weighted by molar-refractivity contribution is 5.85. The molecule has 6 N–H and O–H groups in total. The van der Waals surface area contributed by atoms with Crippen LogP contribution in [0.15, 0.2) is 53.5 Å². The van der Waals surface area contributed by atoms with Crippen LogP contribution in [-0.2, 0) is 36.8 Å². The molecule has 4 aromatic carbocycles. The van der Waals surface area contributed by atoms with Crippen molar-refractivity contribution in [2.45, 2.75) is 81.1 Å². The van der Waals surface area contributed by atoms with Crippen LogP contribution in [0.3, 0.4) is 0 Å². The molecule has 0 amide bonds. The van der Waals surface area contributed by atoms with Crippen LogP contribution in [0.25, 0.3) is 17.2 Å². The number of likely N-dealkylation sites (N-methyl/N-ethyl adjacent to an activating group) is 1. The molecule has 58 heavy (non-hydrogen) atoms. The standard InChI is InChI=1S/C47H51N3O8/c1-48-26-56-47-24-38-37-21-30(19-27-8-13-39-28(18-27)14-15-50-39)36-23-32(53)9-11-34(36)42(37)45-35(12-10-33(25-52)57-45)44(38)58-46(47)31-20-29(6-5-16-51)43(54)40(22-31)55-17-4-3-7-41(47)49-2/h8-9,11,13-14,18,20,22-23,30,33,41,46,48-49,51-54H,4-6,10,12,15-17,19,21,24-26H2,1-2H3. The second-order valence-electron chi connectivity index (χ2n) is 16.0. The maximum absolute atomic E-state index is 11.4. The van der Waals surface area contributed by atoms with E-state index in [-0.39, 0.29) is 50.1 Å². The van der Waals surface area contributed by atoms with Crippen LogP contribution in [0.1, 0.15) is 70.2 Å². The fourth-order valence-electron chi connectivity index (χ4n) is 9.78. The third-order valence-corrected chi connectivity index (χ3v) is 12.5. The van der Waals surface area contributed by atoms with E-state index in [0.29, 0.717) is 68.6 Å². The number of fused-ring (bicyclic) bond motifs is 13. The van der Waals surface area contributed by atoms with Crippen LogP contribution in [-0.4, -0.2) is 85.4 Å². The summed E-state index contributed by atoms with van der Waals surface area (Å²) in [6.07, 6.45) is 5.47. The highest BCUT2D eigenvalue weighted by atomic mass is 16.6. The molecule has 0 saturated carbocycles. The number of hydrogen-bond acceptors (Lipinski definition) is 11. The van der Waals surface area contributed by atoms with Gasteiger partial charge in [0.25, 0.3) is 0 Å². The zero-order valence-corrected chi connectivity index (χ0v) is 33.1. The van der Waals surface area contributed by atoms with Crippen LogP contribution in [0.5, 0.6) is 28.7 Å². The van der Waals surface area contributed by atoms with E-state index in [4.69, 9.17) is 18.9 Å². The first kappa shape index (κ1) is 38.4. The fourth-order valence-corrected chi connectivity index (χ4v) is 9.78. The van der Waals surface area contributed by atoms with Gasteiger partial charge in [0.05, 0.1) is 31.8 Å². The van der Waals surface area contributed by atoms with E-state index in [2.05, 4.69) is 51.7 Å². The number of ether oxygens (including phenoxy) is 4. The summed E-state index contributed by atoms with van der Waals surface area (Å²) in [6, 6.07) is 15.5. The molecule has 5 aliphatic rings. The summed E-state index contributed by atoms with van der Waals surface area (Å²) in [5.74, 6) is 8.90. The largest absolute Gasteiger partial charge is 0.508 e. The summed E-state index contributed by atoms with van der Waals surface area (Å²) in [7, 11) is 3.75. The van der Waals surface area contributed by atoms with Crippen molar-refractivity contribution in [2.24, 2.45) is 4.99 Å². The zero-order chi connectivity index (χ0) is 40.0. The van der Waals surface area contributed by atoms with Crippen molar-refractivity contribution in [1.82, 2.24) is 10.6 Å². The second-order valence-corrected chi connectivity index (χ2v) is 16.0. The molecule has 0 radical (unpaired) electrons. The quantitative estimate of drug-likeness (QED) is 0.104. The summed E-state index contributed by atoms with van der Waals surface area (Å²) in [6.45, 7) is 1.06. The summed E-state index contributed by atoms with van der Waals surface area (Å²) in [4.78, 5) is 4.60. The van der Waals surface area contributed by atoms with Crippen LogP contribution in [0, 0.1) is 11.8 Å². The second kappa shape index (κ2) is 15.9. The minimum atomic E-state index is -1.08. The van der Waals surface area contributed by atoms with Gasteiger partial charge in [0.1, 0.15) is 35.0 Å². The van der Waals surface area contributed by atoms with Gasteiger partial charge < -0.3 is 44.7 Å². The first-order valence-corrected chi connectivity index (χ1v) is 20.5. The van der Waals surface area contributed by atoms with Gasteiger partial charge in [-0.05, 0) is 134 Å². The van der Waals surface area contributed by atoms with Crippen molar-refractivity contribution in [3.63, 3.8) is 0 Å². The smallest absolute Gasteiger partial charge is 0.161 e. The van der Waals surface area contributed by atoms with E-state index < -0.39 is 17.7 Å². The number of aromatic hydroxyl groups is 2. The summed E-state index contributed by atoms with van der Waals surface area (Å²) in [5.41, 5.74) is 7.62. The Morgan fingerprint density at radius 3 is 2.72 bits per heavy atom. The Hall–Kier alpha value is -5.09. The fraction of sp³-hybridized carbons (Fsp3) is 0.426. The van der Waals surface area contributed by atoms with Crippen LogP contribution in [0.2, 0.25) is 0 Å². The monoisotopic (exact) mass is 785 g/mol. The first-order chi connectivity index (χ1) is 28.3. The molecular formula is C47H51N3O8. The molecule has 4 heterocycles. The van der Waals surface area contributed by atoms with Gasteiger partial charge in [0.2, 0.25) is 0 Å². The number of nitrogens with one attached hydrogen (secondary N) is 2. The number of aryl methyl sites for hydroxylation is 1. The summed E-state index contributed by atoms with van der Waals surface area (Å²) >= 11 is 0. The number of phenolic OH excluding ortho intramolecular Hbond substituents is 2. The topological polar surface area (TPSA) is 154 Å². The number of hydrogen-bond donors (Lipinski definition) is 6. The van der Waals surface area contributed by atoms with Crippen molar-refractivity contribution < 1.29 is 39.4 Å². The number of rotatable bonds is 10. The Labute approximate surface area is 338 Å². The van der Waals surface area contributed by atoms with Crippen LogP contribution in [0.4, 0.5) is 0 Å². The molecule has 9 rings (SSSR count). The zero-order valence-electron chi connectivity index (χ0n) is 33.1. The number of benzene rings is 4. The van der Waals surface area contributed by atoms with Crippen molar-refractivity contribution in [1.29, 1.82) is 0 Å². The van der Waals surface area contributed by atoms with Gasteiger partial charge in [-0.25, -0.2) is 0 Å². The summed E-state index contributed by atoms with van der Waals surface area (Å²) in [5, 5.41) is 51.4. The highest BCUT2D eigenvalue weighted by Gasteiger charge is 2.54. The van der Waals surface area contributed by atoms with Gasteiger partial charge in [-0.1, -0.05) is 30.0 Å². The van der Waals surface area contributed by atoms with Gasteiger partial charge in [0.15, 0.2) is 17.6 Å². The van der Waals surface area contributed by atoms with E-state index in [0.717, 1.165) is 61.7 Å². The Kier molecular flexibility index (Phi) is 10.6. The number of aliphatic hydroxyl groups excluding tert-OH is 2. The average molecular weight is 786 g/mol. The predicted octanol–water partition coefficient (Wildman–Crippen LogP) is 3.65. The Morgan fingerprint density at radius 2 is 1.90 bits per heavy atom. The van der Waals surface area contributed by atoms with Gasteiger partial charge in [-0.2, -0.15) is 0 Å². The van der Waals surface area contributed by atoms with E-state index >= 15 is 0 Å². The predicted molar refractivity (Wildman–Crippen MR) is 219 cm³/mol. The molecule has 11 heteroatoms. The van der Waals surface area contributed by atoms with Crippen molar-refractivity contribution in [3.05, 3.63) is 98.1 Å². The maximum Gasteiger partial charge on any atom is 0.161 e. The van der Waals surface area contributed by atoms with Crippen molar-refractivity contribution in [2.75, 3.05) is 47.2 Å². The molecule has 0 aromatic heterocycles. The molecule has 11 nitrogen and oxygen atoms in total. The van der Waals surface area contributed by atoms with E-state index in [1.165, 1.54) is 5.56 Å².